The number of ketones is 1. The van der Waals surface area contributed by atoms with Crippen LogP contribution in [-0.4, -0.2) is 21.4 Å². The Morgan fingerprint density at radius 1 is 1.04 bits per heavy atom. The molecule has 1 N–H and O–H groups in total. The fraction of sp³-hybridized carbons (Fsp3) is 0.238. The third-order valence-corrected chi connectivity index (χ3v) is 4.84. The van der Waals surface area contributed by atoms with E-state index in [4.69, 9.17) is 5.11 Å². The minimum Gasteiger partial charge on any atom is -0.477 e. The van der Waals surface area contributed by atoms with Crippen LogP contribution in [0, 0.1) is 13.8 Å². The number of carbonyl (C=O) groups is 2. The molecule has 4 nitrogen and oxygen atoms in total. The Morgan fingerprint density at radius 3 is 2.36 bits per heavy atom. The molecule has 128 valence electrons. The summed E-state index contributed by atoms with van der Waals surface area (Å²) in [6.07, 6.45) is 1.65. The van der Waals surface area contributed by atoms with E-state index in [0.29, 0.717) is 17.9 Å². The van der Waals surface area contributed by atoms with E-state index < -0.39 is 5.97 Å². The molecule has 25 heavy (non-hydrogen) atoms. The van der Waals surface area contributed by atoms with E-state index in [1.807, 2.05) is 37.3 Å². The normalized spacial score (nSPS) is 12.7. The minimum absolute atomic E-state index is 0.309. The van der Waals surface area contributed by atoms with Gasteiger partial charge in [0, 0.05) is 29.9 Å². The average molecular weight is 335 g/mol. The van der Waals surface area contributed by atoms with Crippen LogP contribution in [0.2, 0.25) is 0 Å². The van der Waals surface area contributed by atoms with Crippen LogP contribution >= 0.6 is 0 Å². The number of benzene rings is 2. The maximum absolute atomic E-state index is 11.2. The second kappa shape index (κ2) is 6.55. The molecule has 1 aliphatic rings. The van der Waals surface area contributed by atoms with E-state index >= 15 is 0 Å². The largest absolute Gasteiger partial charge is 0.477 e. The molecule has 0 aliphatic heterocycles. The fourth-order valence-corrected chi connectivity index (χ4v) is 3.38. The number of Topliss-reactive ketones (excluding diaryl/α,β-unsaturated/α-hetero) is 1. The van der Waals surface area contributed by atoms with E-state index in [1.165, 1.54) is 11.1 Å². The van der Waals surface area contributed by atoms with E-state index in [9.17, 15) is 9.59 Å². The summed E-state index contributed by atoms with van der Waals surface area (Å²) >= 11 is 0. The third-order valence-electron chi connectivity index (χ3n) is 4.84. The van der Waals surface area contributed by atoms with Crippen LogP contribution in [0.25, 0.3) is 10.9 Å². The van der Waals surface area contributed by atoms with Crippen molar-refractivity contribution < 1.29 is 14.7 Å². The van der Waals surface area contributed by atoms with Crippen LogP contribution in [0.3, 0.4) is 0 Å². The molecule has 0 radical (unpaired) electrons. The lowest BCUT2D eigenvalue weighted by atomic mass is 10.1. The Hall–Kier alpha value is -2.88. The molecule has 2 aromatic carbocycles. The Morgan fingerprint density at radius 2 is 1.72 bits per heavy atom. The lowest BCUT2D eigenvalue weighted by molar-refractivity contribution is 0.0687. The van der Waals surface area contributed by atoms with E-state index in [2.05, 4.69) is 13.0 Å². The summed E-state index contributed by atoms with van der Waals surface area (Å²) in [4.78, 5) is 22.1. The molecule has 0 saturated carbocycles. The van der Waals surface area contributed by atoms with E-state index in [0.717, 1.165) is 28.5 Å². The van der Waals surface area contributed by atoms with Crippen molar-refractivity contribution in [2.75, 3.05) is 0 Å². The zero-order chi connectivity index (χ0) is 18.1. The molecule has 1 aliphatic carbocycles. The Bertz CT molecular complexity index is 982. The van der Waals surface area contributed by atoms with Gasteiger partial charge in [0.25, 0.3) is 0 Å². The van der Waals surface area contributed by atoms with Crippen LogP contribution in [-0.2, 0) is 13.5 Å². The number of rotatable bonds is 1. The van der Waals surface area contributed by atoms with Gasteiger partial charge in [0.1, 0.15) is 5.69 Å². The smallest absolute Gasteiger partial charge is 0.352 e. The molecule has 1 aromatic heterocycles. The van der Waals surface area contributed by atoms with E-state index in [1.54, 1.807) is 17.7 Å². The van der Waals surface area contributed by atoms with Gasteiger partial charge in [-0.25, -0.2) is 4.79 Å². The van der Waals surface area contributed by atoms with E-state index in [-0.39, 0.29) is 0 Å². The molecule has 0 bridgehead atoms. The number of nitrogens with zero attached hydrogens (tertiary/aromatic N) is 1. The first-order valence-corrected chi connectivity index (χ1v) is 8.30. The van der Waals surface area contributed by atoms with Crippen LogP contribution in [0.4, 0.5) is 0 Å². The van der Waals surface area contributed by atoms with Gasteiger partial charge in [0.15, 0.2) is 5.78 Å². The summed E-state index contributed by atoms with van der Waals surface area (Å²) in [7, 11) is 1.77. The molecule has 4 heteroatoms. The summed E-state index contributed by atoms with van der Waals surface area (Å²) in [6.45, 7) is 4.05. The van der Waals surface area contributed by atoms with Gasteiger partial charge in [0.05, 0.1) is 0 Å². The average Bonchev–Trinajstić information content (AvgIpc) is 3.12. The highest BCUT2D eigenvalue weighted by Crippen LogP contribution is 2.24. The van der Waals surface area contributed by atoms with Gasteiger partial charge in [-0.3, -0.25) is 4.79 Å². The van der Waals surface area contributed by atoms with Crippen molar-refractivity contribution in [3.05, 3.63) is 70.4 Å². The highest BCUT2D eigenvalue weighted by atomic mass is 16.4. The molecular formula is C21H21NO3. The van der Waals surface area contributed by atoms with Crippen molar-refractivity contribution in [1.29, 1.82) is 0 Å². The summed E-state index contributed by atoms with van der Waals surface area (Å²) in [6, 6.07) is 13.5. The van der Waals surface area contributed by atoms with Crippen molar-refractivity contribution in [1.82, 2.24) is 4.57 Å². The van der Waals surface area contributed by atoms with Gasteiger partial charge in [-0.15, -0.1) is 0 Å². The van der Waals surface area contributed by atoms with Crippen molar-refractivity contribution in [3.8, 4) is 0 Å². The summed E-state index contributed by atoms with van der Waals surface area (Å²) in [5.41, 5.74) is 5.86. The minimum atomic E-state index is -0.886. The summed E-state index contributed by atoms with van der Waals surface area (Å²) in [5.74, 6) is -0.577. The lowest BCUT2D eigenvalue weighted by Gasteiger charge is -1.99. The fourth-order valence-electron chi connectivity index (χ4n) is 3.38. The molecule has 0 saturated heterocycles. The number of carboxylic acids is 1. The van der Waals surface area contributed by atoms with Gasteiger partial charge in [-0.05, 0) is 49.1 Å². The van der Waals surface area contributed by atoms with Gasteiger partial charge in [0.2, 0.25) is 0 Å². The van der Waals surface area contributed by atoms with Crippen molar-refractivity contribution in [3.63, 3.8) is 0 Å². The van der Waals surface area contributed by atoms with Crippen LogP contribution in [0.5, 0.6) is 0 Å². The maximum atomic E-state index is 11.2. The number of aryl methyl sites for hydroxylation is 3. The summed E-state index contributed by atoms with van der Waals surface area (Å²) < 4.78 is 1.70. The van der Waals surface area contributed by atoms with Gasteiger partial charge in [-0.2, -0.15) is 0 Å². The number of fused-ring (bicyclic) bond motifs is 2. The van der Waals surface area contributed by atoms with Crippen molar-refractivity contribution in [2.24, 2.45) is 7.05 Å². The monoisotopic (exact) mass is 335 g/mol. The molecule has 0 amide bonds. The summed E-state index contributed by atoms with van der Waals surface area (Å²) in [5, 5.41) is 9.94. The SMILES string of the molecule is Cc1cccc2c1CCC2=O.Cc1cccc2c1cc(C(=O)O)n2C. The molecule has 0 spiro atoms. The quantitative estimate of drug-likeness (QED) is 0.721. The first-order chi connectivity index (χ1) is 11.9. The molecule has 4 rings (SSSR count). The maximum Gasteiger partial charge on any atom is 0.352 e. The zero-order valence-corrected chi connectivity index (χ0v) is 14.7. The second-order valence-electron chi connectivity index (χ2n) is 6.43. The first-order valence-electron chi connectivity index (χ1n) is 8.30. The first kappa shape index (κ1) is 17.0. The molecule has 0 fully saturated rings. The van der Waals surface area contributed by atoms with Gasteiger partial charge < -0.3 is 9.67 Å². The predicted octanol–water partition coefficient (Wildman–Crippen LogP) is 4.31. The molecule has 3 aromatic rings. The molecule has 1 heterocycles. The molecule has 0 unspecified atom stereocenters. The Kier molecular flexibility index (Phi) is 4.45. The standard InChI is InChI=1S/C11H11NO2.C10H10O/c1-7-4-3-5-9-8(7)6-10(11(13)14)12(9)2;1-7-3-2-4-9-8(7)5-6-10(9)11/h3-6H,1-2H3,(H,13,14);2-4H,5-6H2,1H3. The third kappa shape index (κ3) is 3.07. The molecular weight excluding hydrogens is 314 g/mol. The number of hydrogen-bond donors (Lipinski definition) is 1. The zero-order valence-electron chi connectivity index (χ0n) is 14.7. The number of carbonyl (C=O) groups excluding carboxylic acids is 1. The number of aromatic carboxylic acids is 1. The second-order valence-corrected chi connectivity index (χ2v) is 6.43. The number of carboxylic acid groups (broad SMARTS) is 1. The topological polar surface area (TPSA) is 59.3 Å². The highest BCUT2D eigenvalue weighted by Gasteiger charge is 2.19. The van der Waals surface area contributed by atoms with Crippen LogP contribution in [0.1, 0.15) is 44.0 Å². The van der Waals surface area contributed by atoms with Crippen molar-refractivity contribution in [2.45, 2.75) is 26.7 Å². The lowest BCUT2D eigenvalue weighted by Crippen LogP contribution is -2.03. The Balaban J connectivity index is 0.000000150. The van der Waals surface area contributed by atoms with Crippen molar-refractivity contribution >= 4 is 22.7 Å². The van der Waals surface area contributed by atoms with Gasteiger partial charge in [-0.1, -0.05) is 30.3 Å². The van der Waals surface area contributed by atoms with Crippen LogP contribution in [0.15, 0.2) is 42.5 Å². The number of hydrogen-bond acceptors (Lipinski definition) is 2. The van der Waals surface area contributed by atoms with Gasteiger partial charge >= 0.3 is 5.97 Å². The van der Waals surface area contributed by atoms with Crippen LogP contribution < -0.4 is 0 Å². The highest BCUT2D eigenvalue weighted by molar-refractivity contribution is 6.00. The predicted molar refractivity (Wildman–Crippen MR) is 98.4 cm³/mol. The number of aromatic nitrogens is 1. The Labute approximate surface area is 146 Å². The molecule has 0 atom stereocenters.